The molecule has 3 aromatic rings. The smallest absolute Gasteiger partial charge is 0.269 e. The number of carbonyl (C=O) groups is 1. The molecule has 1 fully saturated rings. The Hall–Kier alpha value is -2.93. The molecule has 1 aromatic heterocycles. The first-order valence-corrected chi connectivity index (χ1v) is 9.67. The Morgan fingerprint density at radius 2 is 2.07 bits per heavy atom. The number of halogens is 3. The van der Waals surface area contributed by atoms with Gasteiger partial charge in [-0.25, -0.2) is 8.78 Å². The van der Waals surface area contributed by atoms with Crippen LogP contribution in [0.25, 0.3) is 11.3 Å². The number of nitrogens with zero attached hydrogens (tertiary/aromatic N) is 2. The molecule has 150 valence electrons. The van der Waals surface area contributed by atoms with Gasteiger partial charge in [-0.3, -0.25) is 9.89 Å². The summed E-state index contributed by atoms with van der Waals surface area (Å²) in [7, 11) is 0. The van der Waals surface area contributed by atoms with Crippen LogP contribution < -0.4 is 10.2 Å². The van der Waals surface area contributed by atoms with Gasteiger partial charge in [0.15, 0.2) is 11.6 Å². The molecule has 0 spiro atoms. The number of anilines is 1. The summed E-state index contributed by atoms with van der Waals surface area (Å²) >= 11 is 6.00. The lowest BCUT2D eigenvalue weighted by Crippen LogP contribution is -2.31. The largest absolute Gasteiger partial charge is 0.371 e. The van der Waals surface area contributed by atoms with Gasteiger partial charge in [-0.2, -0.15) is 5.10 Å². The Morgan fingerprint density at radius 1 is 1.21 bits per heavy atom. The van der Waals surface area contributed by atoms with Crippen LogP contribution >= 0.6 is 11.6 Å². The average Bonchev–Trinajstić information content (AvgIpc) is 3.38. The zero-order valence-electron chi connectivity index (χ0n) is 15.5. The topological polar surface area (TPSA) is 61.0 Å². The Balaban J connectivity index is 1.33. The lowest BCUT2D eigenvalue weighted by molar-refractivity contribution is 0.0943. The predicted octanol–water partition coefficient (Wildman–Crippen LogP) is 4.26. The van der Waals surface area contributed by atoms with Crippen molar-refractivity contribution in [2.45, 2.75) is 6.42 Å². The van der Waals surface area contributed by atoms with Crippen molar-refractivity contribution >= 4 is 23.2 Å². The number of H-pyrrole nitrogens is 1. The van der Waals surface area contributed by atoms with Crippen molar-refractivity contribution in [3.05, 3.63) is 70.9 Å². The molecule has 8 heteroatoms. The Bertz CT molecular complexity index is 1040. The summed E-state index contributed by atoms with van der Waals surface area (Å²) in [6, 6.07) is 12.8. The zero-order valence-corrected chi connectivity index (χ0v) is 16.2. The van der Waals surface area contributed by atoms with Gasteiger partial charge in [-0.15, -0.1) is 0 Å². The fraction of sp³-hybridized carbons (Fsp3) is 0.238. The minimum absolute atomic E-state index is 0.224. The molecule has 2 aromatic carbocycles. The standard InChI is InChI=1S/C21H19ClF2N4O/c22-15-3-1-2-14(8-15)19-10-20(27-26-19)21(29)25-11-13-6-7-28(12-13)16-4-5-17(23)18(24)9-16/h1-5,8-10,13H,6-7,11-12H2,(H,25,29)(H,26,27). The lowest BCUT2D eigenvalue weighted by Gasteiger charge is -2.19. The van der Waals surface area contributed by atoms with E-state index >= 15 is 0 Å². The third-order valence-electron chi connectivity index (χ3n) is 5.05. The summed E-state index contributed by atoms with van der Waals surface area (Å²) in [6.45, 7) is 1.89. The maximum atomic E-state index is 13.4. The third-order valence-corrected chi connectivity index (χ3v) is 5.28. The zero-order chi connectivity index (χ0) is 20.4. The van der Waals surface area contributed by atoms with Gasteiger partial charge >= 0.3 is 0 Å². The third kappa shape index (κ3) is 4.40. The van der Waals surface area contributed by atoms with E-state index in [0.29, 0.717) is 35.2 Å². The van der Waals surface area contributed by atoms with Gasteiger partial charge in [0, 0.05) is 42.0 Å². The summed E-state index contributed by atoms with van der Waals surface area (Å²) in [5.74, 6) is -1.72. The summed E-state index contributed by atoms with van der Waals surface area (Å²) in [4.78, 5) is 14.4. The summed E-state index contributed by atoms with van der Waals surface area (Å²) in [5.41, 5.74) is 2.49. The van der Waals surface area contributed by atoms with Gasteiger partial charge in [-0.1, -0.05) is 23.7 Å². The van der Waals surface area contributed by atoms with E-state index in [1.54, 1.807) is 24.3 Å². The number of aromatic nitrogens is 2. The monoisotopic (exact) mass is 416 g/mol. The van der Waals surface area contributed by atoms with Crippen LogP contribution in [-0.4, -0.2) is 35.7 Å². The van der Waals surface area contributed by atoms with Gasteiger partial charge in [0.05, 0.1) is 5.69 Å². The number of hydrogen-bond acceptors (Lipinski definition) is 3. The highest BCUT2D eigenvalue weighted by Crippen LogP contribution is 2.25. The molecule has 2 heterocycles. The van der Waals surface area contributed by atoms with E-state index in [1.807, 2.05) is 17.0 Å². The van der Waals surface area contributed by atoms with Crippen molar-refractivity contribution in [2.24, 2.45) is 5.92 Å². The number of rotatable bonds is 5. The number of aromatic amines is 1. The minimum Gasteiger partial charge on any atom is -0.371 e. The number of hydrogen-bond donors (Lipinski definition) is 2. The van der Waals surface area contributed by atoms with E-state index in [2.05, 4.69) is 15.5 Å². The maximum Gasteiger partial charge on any atom is 0.269 e. The summed E-state index contributed by atoms with van der Waals surface area (Å²) in [5, 5.41) is 10.4. The molecule has 29 heavy (non-hydrogen) atoms. The van der Waals surface area contributed by atoms with Gasteiger partial charge in [0.2, 0.25) is 0 Å². The Kier molecular flexibility index (Phi) is 5.49. The maximum absolute atomic E-state index is 13.4. The second-order valence-corrected chi connectivity index (χ2v) is 7.52. The van der Waals surface area contributed by atoms with Crippen molar-refractivity contribution < 1.29 is 13.6 Å². The molecule has 5 nitrogen and oxygen atoms in total. The van der Waals surface area contributed by atoms with Gasteiger partial charge < -0.3 is 10.2 Å². The molecular weight excluding hydrogens is 398 g/mol. The highest BCUT2D eigenvalue weighted by atomic mass is 35.5. The van der Waals surface area contributed by atoms with Gasteiger partial charge in [-0.05, 0) is 42.7 Å². The van der Waals surface area contributed by atoms with Crippen LogP contribution in [0.15, 0.2) is 48.5 Å². The molecule has 1 aliphatic rings. The second-order valence-electron chi connectivity index (χ2n) is 7.09. The fourth-order valence-electron chi connectivity index (χ4n) is 3.48. The molecular formula is C21H19ClF2N4O. The highest BCUT2D eigenvalue weighted by Gasteiger charge is 2.24. The number of benzene rings is 2. The Labute approximate surface area is 171 Å². The number of amides is 1. The van der Waals surface area contributed by atoms with E-state index in [1.165, 1.54) is 6.07 Å². The summed E-state index contributed by atoms with van der Waals surface area (Å²) in [6.07, 6.45) is 0.857. The molecule has 1 atom stereocenters. The first kappa shape index (κ1) is 19.4. The fourth-order valence-corrected chi connectivity index (χ4v) is 3.67. The summed E-state index contributed by atoms with van der Waals surface area (Å²) < 4.78 is 26.6. The van der Waals surface area contributed by atoms with Crippen molar-refractivity contribution in [3.8, 4) is 11.3 Å². The van der Waals surface area contributed by atoms with Crippen LogP contribution in [0, 0.1) is 17.6 Å². The Morgan fingerprint density at radius 3 is 2.86 bits per heavy atom. The van der Waals surface area contributed by atoms with Crippen molar-refractivity contribution in [1.29, 1.82) is 0 Å². The average molecular weight is 417 g/mol. The van der Waals surface area contributed by atoms with E-state index in [9.17, 15) is 13.6 Å². The molecule has 0 aliphatic carbocycles. The molecule has 0 saturated carbocycles. The minimum atomic E-state index is -0.853. The van der Waals surface area contributed by atoms with Crippen LogP contribution in [0.4, 0.5) is 14.5 Å². The van der Waals surface area contributed by atoms with Crippen molar-refractivity contribution in [3.63, 3.8) is 0 Å². The van der Waals surface area contributed by atoms with Crippen LogP contribution in [0.5, 0.6) is 0 Å². The second kappa shape index (κ2) is 8.21. The molecule has 4 rings (SSSR count). The molecule has 0 bridgehead atoms. The van der Waals surface area contributed by atoms with Crippen molar-refractivity contribution in [1.82, 2.24) is 15.5 Å². The van der Waals surface area contributed by atoms with Gasteiger partial charge in [0.1, 0.15) is 5.69 Å². The molecule has 1 saturated heterocycles. The van der Waals surface area contributed by atoms with Gasteiger partial charge in [0.25, 0.3) is 5.91 Å². The van der Waals surface area contributed by atoms with Crippen LogP contribution in [0.2, 0.25) is 5.02 Å². The van der Waals surface area contributed by atoms with E-state index in [4.69, 9.17) is 11.6 Å². The van der Waals surface area contributed by atoms with E-state index in [0.717, 1.165) is 24.6 Å². The highest BCUT2D eigenvalue weighted by molar-refractivity contribution is 6.30. The molecule has 2 N–H and O–H groups in total. The normalized spacial score (nSPS) is 16.2. The van der Waals surface area contributed by atoms with Crippen LogP contribution in [-0.2, 0) is 0 Å². The number of carbonyl (C=O) groups excluding carboxylic acids is 1. The number of nitrogens with one attached hydrogen (secondary N) is 2. The van der Waals surface area contributed by atoms with E-state index < -0.39 is 11.6 Å². The molecule has 0 radical (unpaired) electrons. The van der Waals surface area contributed by atoms with Crippen molar-refractivity contribution in [2.75, 3.05) is 24.5 Å². The SMILES string of the molecule is O=C(NCC1CCN(c2ccc(F)c(F)c2)C1)c1cc(-c2cccc(Cl)c2)n[nH]1. The molecule has 1 unspecified atom stereocenters. The van der Waals surface area contributed by atoms with E-state index in [-0.39, 0.29) is 11.8 Å². The first-order valence-electron chi connectivity index (χ1n) is 9.29. The quantitative estimate of drug-likeness (QED) is 0.653. The van der Waals surface area contributed by atoms with Crippen LogP contribution in [0.1, 0.15) is 16.9 Å². The molecule has 1 aliphatic heterocycles. The molecule has 1 amide bonds. The lowest BCUT2D eigenvalue weighted by atomic mass is 10.1. The first-order chi connectivity index (χ1) is 14.0. The van der Waals surface area contributed by atoms with Crippen LogP contribution in [0.3, 0.4) is 0 Å². The predicted molar refractivity (Wildman–Crippen MR) is 108 cm³/mol.